The molecule has 0 saturated carbocycles. The van der Waals surface area contributed by atoms with E-state index in [1.807, 2.05) is 44.2 Å². The average Bonchev–Trinajstić information content (AvgIpc) is 3.40. The second-order valence-electron chi connectivity index (χ2n) is 10.1. The van der Waals surface area contributed by atoms with E-state index in [2.05, 4.69) is 10.0 Å². The molecule has 3 N–H and O–H groups in total. The van der Waals surface area contributed by atoms with Crippen molar-refractivity contribution in [1.29, 1.82) is 0 Å². The monoisotopic (exact) mass is 586 g/mol. The number of thiophene rings is 1. The number of fused-ring (bicyclic) bond motifs is 1. The number of nitrogens with one attached hydrogen (secondary N) is 2. The fourth-order valence-corrected chi connectivity index (χ4v) is 6.79. The third-order valence-corrected chi connectivity index (χ3v) is 9.30. The normalized spacial score (nSPS) is 15.7. The van der Waals surface area contributed by atoms with Crippen LogP contribution in [0.1, 0.15) is 29.9 Å². The number of hydrogen-bond donors (Lipinski definition) is 3. The highest BCUT2D eigenvalue weighted by Gasteiger charge is 2.34. The third-order valence-electron chi connectivity index (χ3n) is 6.69. The number of nitrogens with zero attached hydrogens (tertiary/aromatic N) is 2. The van der Waals surface area contributed by atoms with E-state index in [-0.39, 0.29) is 48.8 Å². The van der Waals surface area contributed by atoms with Crippen LogP contribution in [0.15, 0.2) is 65.6 Å². The molecule has 2 atom stereocenters. The van der Waals surface area contributed by atoms with Crippen LogP contribution >= 0.6 is 11.3 Å². The van der Waals surface area contributed by atoms with Crippen molar-refractivity contribution in [3.63, 3.8) is 0 Å². The summed E-state index contributed by atoms with van der Waals surface area (Å²) in [6.07, 6.45) is 0.461. The van der Waals surface area contributed by atoms with Gasteiger partial charge in [-0.25, -0.2) is 8.42 Å². The molecule has 10 nitrogen and oxygen atoms in total. The number of carbonyl (C=O) groups is 3. The first kappa shape index (κ1) is 29.7. The number of amides is 3. The highest BCUT2D eigenvalue weighted by Crippen LogP contribution is 2.25. The lowest BCUT2D eigenvalue weighted by atomic mass is 10.0. The van der Waals surface area contributed by atoms with Gasteiger partial charge in [-0.3, -0.25) is 14.4 Å². The largest absolute Gasteiger partial charge is 0.394 e. The Labute approximate surface area is 238 Å². The van der Waals surface area contributed by atoms with Crippen LogP contribution in [0.2, 0.25) is 0 Å². The summed E-state index contributed by atoms with van der Waals surface area (Å²) in [5.74, 6) is -0.933. The molecule has 3 aromatic rings. The summed E-state index contributed by atoms with van der Waals surface area (Å²) in [7, 11) is -4.01. The molecule has 2 heterocycles. The van der Waals surface area contributed by atoms with Crippen molar-refractivity contribution >= 4 is 49.2 Å². The number of benzene rings is 2. The molecule has 1 aliphatic heterocycles. The van der Waals surface area contributed by atoms with Gasteiger partial charge in [0.1, 0.15) is 12.1 Å². The SMILES string of the molecule is CC(C)C[C@H](NC(=O)c1cc2ccccc2s1)C(=O)N1CCN(C(=O)C(CO)NS(=O)(=O)c2ccccc2)CC1. The Kier molecular flexibility index (Phi) is 9.56. The van der Waals surface area contributed by atoms with E-state index < -0.39 is 34.6 Å². The molecule has 0 radical (unpaired) electrons. The fraction of sp³-hybridized carbons (Fsp3) is 0.393. The molecule has 1 aliphatic rings. The summed E-state index contributed by atoms with van der Waals surface area (Å²) in [6.45, 7) is 4.05. The van der Waals surface area contributed by atoms with Crippen molar-refractivity contribution in [3.05, 3.63) is 65.5 Å². The molecule has 2 aromatic carbocycles. The molecule has 12 heteroatoms. The van der Waals surface area contributed by atoms with Gasteiger partial charge in [-0.2, -0.15) is 4.72 Å². The van der Waals surface area contributed by atoms with E-state index in [1.54, 1.807) is 23.1 Å². The maximum Gasteiger partial charge on any atom is 0.262 e. The van der Waals surface area contributed by atoms with Crippen LogP contribution in [-0.2, 0) is 19.6 Å². The Bertz CT molecular complexity index is 1420. The predicted octanol–water partition coefficient (Wildman–Crippen LogP) is 2.06. The maximum absolute atomic E-state index is 13.5. The minimum absolute atomic E-state index is 0.00875. The van der Waals surface area contributed by atoms with Gasteiger partial charge in [0.05, 0.1) is 16.4 Å². The van der Waals surface area contributed by atoms with E-state index in [9.17, 15) is 27.9 Å². The third kappa shape index (κ3) is 7.05. The first-order valence-electron chi connectivity index (χ1n) is 13.1. The quantitative estimate of drug-likeness (QED) is 0.333. The van der Waals surface area contributed by atoms with Crippen LogP contribution < -0.4 is 10.0 Å². The average molecular weight is 587 g/mol. The number of aliphatic hydroxyl groups excluding tert-OH is 1. The van der Waals surface area contributed by atoms with Gasteiger partial charge in [-0.05, 0) is 42.0 Å². The van der Waals surface area contributed by atoms with Gasteiger partial charge < -0.3 is 20.2 Å². The van der Waals surface area contributed by atoms with Crippen LogP contribution in [0.25, 0.3) is 10.1 Å². The fourth-order valence-electron chi connectivity index (χ4n) is 4.62. The van der Waals surface area contributed by atoms with E-state index in [4.69, 9.17) is 0 Å². The Morgan fingerprint density at radius 3 is 2.05 bits per heavy atom. The Balaban J connectivity index is 1.37. The molecule has 40 heavy (non-hydrogen) atoms. The van der Waals surface area contributed by atoms with Crippen molar-refractivity contribution in [2.75, 3.05) is 32.8 Å². The van der Waals surface area contributed by atoms with E-state index >= 15 is 0 Å². The lowest BCUT2D eigenvalue weighted by Gasteiger charge is -2.38. The van der Waals surface area contributed by atoms with Gasteiger partial charge in [-0.1, -0.05) is 50.2 Å². The Morgan fingerprint density at radius 2 is 1.48 bits per heavy atom. The molecule has 0 aliphatic carbocycles. The van der Waals surface area contributed by atoms with Crippen LogP contribution in [-0.4, -0.2) is 85.9 Å². The summed E-state index contributed by atoms with van der Waals surface area (Å²) in [4.78, 5) is 43.1. The number of carbonyl (C=O) groups excluding carboxylic acids is 3. The molecule has 0 spiro atoms. The molecule has 1 fully saturated rings. The summed E-state index contributed by atoms with van der Waals surface area (Å²) < 4.78 is 28.6. The molecule has 1 unspecified atom stereocenters. The van der Waals surface area contributed by atoms with Crippen molar-refractivity contribution in [2.24, 2.45) is 5.92 Å². The summed E-state index contributed by atoms with van der Waals surface area (Å²) in [5.41, 5.74) is 0. The molecule has 0 bridgehead atoms. The second kappa shape index (κ2) is 12.9. The number of rotatable bonds is 10. The first-order chi connectivity index (χ1) is 19.1. The molecular formula is C28H34N4O6S2. The highest BCUT2D eigenvalue weighted by atomic mass is 32.2. The van der Waals surface area contributed by atoms with E-state index in [0.29, 0.717) is 11.3 Å². The van der Waals surface area contributed by atoms with Gasteiger partial charge in [0.25, 0.3) is 5.91 Å². The van der Waals surface area contributed by atoms with Gasteiger partial charge >= 0.3 is 0 Å². The molecule has 1 saturated heterocycles. The number of sulfonamides is 1. The van der Waals surface area contributed by atoms with Gasteiger partial charge in [0, 0.05) is 30.9 Å². The summed E-state index contributed by atoms with van der Waals surface area (Å²) >= 11 is 1.37. The maximum atomic E-state index is 13.5. The highest BCUT2D eigenvalue weighted by molar-refractivity contribution is 7.89. The lowest BCUT2D eigenvalue weighted by molar-refractivity contribution is -0.142. The van der Waals surface area contributed by atoms with Crippen LogP contribution in [0.4, 0.5) is 0 Å². The standard InChI is InChI=1S/C28H34N4O6S2/c1-19(2)16-22(29-26(34)25-17-20-8-6-7-11-24(20)39-25)27(35)31-12-14-32(15-13-31)28(36)23(18-33)30-40(37,38)21-9-4-3-5-10-21/h3-11,17,19,22-23,30,33H,12-16,18H2,1-2H3,(H,29,34)/t22-,23?/m0/s1. The zero-order valence-corrected chi connectivity index (χ0v) is 24.1. The van der Waals surface area contributed by atoms with Crippen molar-refractivity contribution in [2.45, 2.75) is 37.2 Å². The van der Waals surface area contributed by atoms with Gasteiger partial charge in [0.2, 0.25) is 21.8 Å². The minimum atomic E-state index is -4.01. The van der Waals surface area contributed by atoms with Crippen LogP contribution in [0.5, 0.6) is 0 Å². The summed E-state index contributed by atoms with van der Waals surface area (Å²) in [5, 5.41) is 13.7. The number of aliphatic hydroxyl groups is 1. The predicted molar refractivity (Wildman–Crippen MR) is 153 cm³/mol. The zero-order valence-electron chi connectivity index (χ0n) is 22.4. The molecule has 214 valence electrons. The number of hydrogen-bond acceptors (Lipinski definition) is 7. The summed E-state index contributed by atoms with van der Waals surface area (Å²) in [6, 6.07) is 15.1. The second-order valence-corrected chi connectivity index (χ2v) is 12.9. The van der Waals surface area contributed by atoms with Crippen LogP contribution in [0, 0.1) is 5.92 Å². The van der Waals surface area contributed by atoms with E-state index in [0.717, 1.165) is 10.1 Å². The first-order valence-corrected chi connectivity index (χ1v) is 15.4. The topological polar surface area (TPSA) is 136 Å². The number of piperazine rings is 1. The van der Waals surface area contributed by atoms with Crippen molar-refractivity contribution in [1.82, 2.24) is 19.8 Å². The minimum Gasteiger partial charge on any atom is -0.394 e. The molecular weight excluding hydrogens is 552 g/mol. The van der Waals surface area contributed by atoms with Crippen molar-refractivity contribution in [3.8, 4) is 0 Å². The molecule has 1 aromatic heterocycles. The van der Waals surface area contributed by atoms with Gasteiger partial charge in [0.15, 0.2) is 0 Å². The smallest absolute Gasteiger partial charge is 0.262 e. The molecule has 4 rings (SSSR count). The Morgan fingerprint density at radius 1 is 0.900 bits per heavy atom. The van der Waals surface area contributed by atoms with Gasteiger partial charge in [-0.15, -0.1) is 11.3 Å². The lowest BCUT2D eigenvalue weighted by Crippen LogP contribution is -2.59. The Hall–Kier alpha value is -3.32. The molecule has 3 amide bonds. The van der Waals surface area contributed by atoms with Crippen molar-refractivity contribution < 1.29 is 27.9 Å². The van der Waals surface area contributed by atoms with E-state index in [1.165, 1.54) is 28.4 Å². The van der Waals surface area contributed by atoms with Crippen LogP contribution in [0.3, 0.4) is 0 Å². The zero-order chi connectivity index (χ0) is 28.9.